The minimum atomic E-state index is -0.805. The first-order valence-corrected chi connectivity index (χ1v) is 7.48. The number of ether oxygens (including phenoxy) is 2. The Morgan fingerprint density at radius 2 is 2.22 bits per heavy atom. The molecule has 2 rings (SSSR count). The van der Waals surface area contributed by atoms with Crippen LogP contribution in [0.3, 0.4) is 0 Å². The predicted molar refractivity (Wildman–Crippen MR) is 69.3 cm³/mol. The Morgan fingerprint density at radius 1 is 1.44 bits per heavy atom. The van der Waals surface area contributed by atoms with Crippen LogP contribution in [0.5, 0.6) is 11.5 Å². The van der Waals surface area contributed by atoms with Gasteiger partial charge in [0.15, 0.2) is 11.5 Å². The van der Waals surface area contributed by atoms with Crippen LogP contribution in [0.4, 0.5) is 0 Å². The quantitative estimate of drug-likeness (QED) is 0.734. The van der Waals surface area contributed by atoms with Crippen molar-refractivity contribution in [2.75, 3.05) is 31.9 Å². The third-order valence-electron chi connectivity index (χ3n) is 2.69. The summed E-state index contributed by atoms with van der Waals surface area (Å²) in [5.74, 6) is 1.97. The molecule has 2 unspecified atom stereocenters. The molecule has 0 aliphatic carbocycles. The first kappa shape index (κ1) is 13.3. The summed E-state index contributed by atoms with van der Waals surface area (Å²) in [7, 11) is -0.805. The number of hydrogen-bond donors (Lipinski definition) is 2. The van der Waals surface area contributed by atoms with Gasteiger partial charge in [-0.1, -0.05) is 6.07 Å². The molecule has 18 heavy (non-hydrogen) atoms. The van der Waals surface area contributed by atoms with E-state index < -0.39 is 16.9 Å². The maximum absolute atomic E-state index is 10.9. The molecular weight excluding hydrogens is 254 g/mol. The number of aliphatic hydroxyl groups is 1. The standard InChI is InChI=1S/C12H17NO4S/c1-18(15)5-4-13-7-10(14)9-2-3-11-12(6-9)17-8-16-11/h2-3,6,10,13-14H,4-5,7-8H2,1H3. The molecule has 0 spiro atoms. The lowest BCUT2D eigenvalue weighted by atomic mass is 10.1. The Kier molecular flexibility index (Phi) is 4.57. The van der Waals surface area contributed by atoms with E-state index in [9.17, 15) is 9.32 Å². The van der Waals surface area contributed by atoms with E-state index in [4.69, 9.17) is 9.47 Å². The lowest BCUT2D eigenvalue weighted by Crippen LogP contribution is -2.25. The monoisotopic (exact) mass is 271 g/mol. The van der Waals surface area contributed by atoms with E-state index in [1.54, 1.807) is 18.4 Å². The zero-order valence-corrected chi connectivity index (χ0v) is 11.0. The van der Waals surface area contributed by atoms with Crippen molar-refractivity contribution in [3.63, 3.8) is 0 Å². The van der Waals surface area contributed by atoms with Crippen molar-refractivity contribution in [1.82, 2.24) is 5.32 Å². The second kappa shape index (κ2) is 6.17. The van der Waals surface area contributed by atoms with E-state index in [0.717, 1.165) is 5.56 Å². The summed E-state index contributed by atoms with van der Waals surface area (Å²) < 4.78 is 21.3. The van der Waals surface area contributed by atoms with Gasteiger partial charge in [-0.25, -0.2) is 0 Å². The molecule has 2 atom stereocenters. The van der Waals surface area contributed by atoms with Gasteiger partial charge in [-0.15, -0.1) is 0 Å². The van der Waals surface area contributed by atoms with Crippen molar-refractivity contribution in [3.05, 3.63) is 23.8 Å². The van der Waals surface area contributed by atoms with Crippen LogP contribution < -0.4 is 14.8 Å². The van der Waals surface area contributed by atoms with Crippen molar-refractivity contribution in [2.45, 2.75) is 6.10 Å². The first-order valence-electron chi connectivity index (χ1n) is 5.75. The highest BCUT2D eigenvalue weighted by Crippen LogP contribution is 2.33. The summed E-state index contributed by atoms with van der Waals surface area (Å²) in [6, 6.07) is 5.40. The molecule has 100 valence electrons. The van der Waals surface area contributed by atoms with Gasteiger partial charge in [0.05, 0.1) is 6.10 Å². The van der Waals surface area contributed by atoms with Gasteiger partial charge in [0.25, 0.3) is 0 Å². The molecule has 0 aromatic heterocycles. The van der Waals surface area contributed by atoms with Crippen LogP contribution in [-0.4, -0.2) is 41.2 Å². The van der Waals surface area contributed by atoms with Crippen molar-refractivity contribution < 1.29 is 18.8 Å². The molecule has 1 aromatic rings. The van der Waals surface area contributed by atoms with Gasteiger partial charge in [0, 0.05) is 35.9 Å². The van der Waals surface area contributed by atoms with Gasteiger partial charge in [-0.3, -0.25) is 4.21 Å². The van der Waals surface area contributed by atoms with Crippen LogP contribution in [0.2, 0.25) is 0 Å². The number of fused-ring (bicyclic) bond motifs is 1. The fourth-order valence-electron chi connectivity index (χ4n) is 1.69. The minimum absolute atomic E-state index is 0.232. The molecular formula is C12H17NO4S. The highest BCUT2D eigenvalue weighted by Gasteiger charge is 2.16. The number of hydrogen-bond acceptors (Lipinski definition) is 5. The molecule has 0 fully saturated rings. The molecule has 6 heteroatoms. The predicted octanol–water partition coefficient (Wildman–Crippen LogP) is 0.417. The van der Waals surface area contributed by atoms with Crippen molar-refractivity contribution in [1.29, 1.82) is 0 Å². The zero-order chi connectivity index (χ0) is 13.0. The number of benzene rings is 1. The Morgan fingerprint density at radius 3 is 3.00 bits per heavy atom. The summed E-state index contributed by atoms with van der Waals surface area (Å²) in [6.07, 6.45) is 1.06. The third-order valence-corrected chi connectivity index (χ3v) is 3.46. The first-order chi connectivity index (χ1) is 8.66. The van der Waals surface area contributed by atoms with Gasteiger partial charge in [0.1, 0.15) is 0 Å². The van der Waals surface area contributed by atoms with E-state index in [1.165, 1.54) is 0 Å². The normalized spacial score (nSPS) is 16.6. The van der Waals surface area contributed by atoms with Crippen molar-refractivity contribution in [2.24, 2.45) is 0 Å². The van der Waals surface area contributed by atoms with Crippen LogP contribution >= 0.6 is 0 Å². The summed E-state index contributed by atoms with van der Waals surface area (Å²) >= 11 is 0. The van der Waals surface area contributed by atoms with Crippen molar-refractivity contribution in [3.8, 4) is 11.5 Å². The van der Waals surface area contributed by atoms with E-state index in [0.29, 0.717) is 30.3 Å². The molecule has 1 aliphatic rings. The van der Waals surface area contributed by atoms with Crippen LogP contribution in [0.25, 0.3) is 0 Å². The summed E-state index contributed by atoms with van der Waals surface area (Å²) in [6.45, 7) is 1.29. The van der Waals surface area contributed by atoms with E-state index in [1.807, 2.05) is 6.07 Å². The fourth-order valence-corrected chi connectivity index (χ4v) is 2.12. The molecule has 0 bridgehead atoms. The molecule has 5 nitrogen and oxygen atoms in total. The Hall–Kier alpha value is -1.11. The average molecular weight is 271 g/mol. The lowest BCUT2D eigenvalue weighted by Gasteiger charge is -2.12. The number of rotatable bonds is 6. The number of aliphatic hydroxyl groups excluding tert-OH is 1. The third kappa shape index (κ3) is 3.44. The highest BCUT2D eigenvalue weighted by atomic mass is 32.2. The molecule has 1 heterocycles. The minimum Gasteiger partial charge on any atom is -0.454 e. The molecule has 0 saturated carbocycles. The number of nitrogens with one attached hydrogen (secondary N) is 1. The average Bonchev–Trinajstić information content (AvgIpc) is 2.81. The summed E-state index contributed by atoms with van der Waals surface area (Å²) in [4.78, 5) is 0. The van der Waals surface area contributed by atoms with Gasteiger partial charge >= 0.3 is 0 Å². The van der Waals surface area contributed by atoms with Crippen LogP contribution in [0.15, 0.2) is 18.2 Å². The summed E-state index contributed by atoms with van der Waals surface area (Å²) in [5, 5.41) is 13.0. The molecule has 0 saturated heterocycles. The molecule has 1 aliphatic heterocycles. The topological polar surface area (TPSA) is 67.8 Å². The smallest absolute Gasteiger partial charge is 0.231 e. The maximum atomic E-state index is 10.9. The Bertz CT molecular complexity index is 438. The second-order valence-electron chi connectivity index (χ2n) is 4.11. The maximum Gasteiger partial charge on any atom is 0.231 e. The largest absolute Gasteiger partial charge is 0.454 e. The Balaban J connectivity index is 1.85. The van der Waals surface area contributed by atoms with Gasteiger partial charge in [0.2, 0.25) is 6.79 Å². The Labute approximate surface area is 109 Å². The zero-order valence-electron chi connectivity index (χ0n) is 10.2. The molecule has 0 radical (unpaired) electrons. The SMILES string of the molecule is CS(=O)CCNCC(O)c1ccc2c(c1)OCO2. The highest BCUT2D eigenvalue weighted by molar-refractivity contribution is 7.84. The molecule has 0 amide bonds. The van der Waals surface area contributed by atoms with Gasteiger partial charge in [-0.2, -0.15) is 0 Å². The van der Waals surface area contributed by atoms with E-state index >= 15 is 0 Å². The second-order valence-corrected chi connectivity index (χ2v) is 5.66. The van der Waals surface area contributed by atoms with E-state index in [2.05, 4.69) is 5.32 Å². The van der Waals surface area contributed by atoms with Crippen LogP contribution in [0.1, 0.15) is 11.7 Å². The van der Waals surface area contributed by atoms with Crippen LogP contribution in [-0.2, 0) is 10.8 Å². The fraction of sp³-hybridized carbons (Fsp3) is 0.500. The van der Waals surface area contributed by atoms with Gasteiger partial charge in [-0.05, 0) is 17.7 Å². The van der Waals surface area contributed by atoms with Crippen LogP contribution in [0, 0.1) is 0 Å². The molecule has 2 N–H and O–H groups in total. The van der Waals surface area contributed by atoms with Crippen molar-refractivity contribution >= 4 is 10.8 Å². The molecule has 1 aromatic carbocycles. The summed E-state index contributed by atoms with van der Waals surface area (Å²) in [5.41, 5.74) is 0.782. The van der Waals surface area contributed by atoms with E-state index in [-0.39, 0.29) is 6.79 Å². The lowest BCUT2D eigenvalue weighted by molar-refractivity contribution is 0.170. The van der Waals surface area contributed by atoms with Gasteiger partial charge < -0.3 is 19.9 Å².